The van der Waals surface area contributed by atoms with Gasteiger partial charge in [-0.2, -0.15) is 10.2 Å². The highest BCUT2D eigenvalue weighted by atomic mass is 16.5. The van der Waals surface area contributed by atoms with Crippen LogP contribution in [-0.2, 0) is 12.8 Å². The van der Waals surface area contributed by atoms with Gasteiger partial charge >= 0.3 is 6.01 Å². The van der Waals surface area contributed by atoms with Crippen LogP contribution in [0.4, 0.5) is 5.69 Å². The van der Waals surface area contributed by atoms with Gasteiger partial charge in [0.15, 0.2) is 5.75 Å². The standard InChI is InChI=1S/C14H15N5O/c1-3-11-12(4-2)18-19-14(17-11)20-13-6-5-9(8-15)7-10(13)16/h5-7H,3-4,16H2,1-2H3. The summed E-state index contributed by atoms with van der Waals surface area (Å²) in [4.78, 5) is 4.32. The first-order valence-electron chi connectivity index (χ1n) is 6.37. The van der Waals surface area contributed by atoms with Crippen molar-refractivity contribution in [1.29, 1.82) is 5.26 Å². The quantitative estimate of drug-likeness (QED) is 0.855. The van der Waals surface area contributed by atoms with Crippen molar-refractivity contribution in [2.24, 2.45) is 0 Å². The highest BCUT2D eigenvalue weighted by Crippen LogP contribution is 2.26. The average molecular weight is 269 g/mol. The van der Waals surface area contributed by atoms with Crippen LogP contribution in [-0.4, -0.2) is 15.2 Å². The van der Waals surface area contributed by atoms with Crippen molar-refractivity contribution in [1.82, 2.24) is 15.2 Å². The Kier molecular flexibility index (Phi) is 4.11. The summed E-state index contributed by atoms with van der Waals surface area (Å²) in [6, 6.07) is 6.97. The molecule has 2 rings (SSSR count). The number of benzene rings is 1. The van der Waals surface area contributed by atoms with E-state index >= 15 is 0 Å². The zero-order valence-corrected chi connectivity index (χ0v) is 11.4. The fraction of sp³-hybridized carbons (Fsp3) is 0.286. The van der Waals surface area contributed by atoms with Crippen molar-refractivity contribution >= 4 is 5.69 Å². The lowest BCUT2D eigenvalue weighted by Crippen LogP contribution is -2.05. The van der Waals surface area contributed by atoms with Gasteiger partial charge in [0.25, 0.3) is 0 Å². The number of hydrogen-bond acceptors (Lipinski definition) is 6. The Labute approximate surface area is 117 Å². The molecule has 2 N–H and O–H groups in total. The zero-order chi connectivity index (χ0) is 14.5. The first-order valence-corrected chi connectivity index (χ1v) is 6.37. The minimum atomic E-state index is 0.162. The predicted octanol–water partition coefficient (Wildman–Crippen LogP) is 2.24. The Morgan fingerprint density at radius 3 is 2.55 bits per heavy atom. The third-order valence-electron chi connectivity index (χ3n) is 2.83. The number of nitrogen functional groups attached to an aromatic ring is 1. The van der Waals surface area contributed by atoms with Crippen LogP contribution in [0.25, 0.3) is 0 Å². The first-order chi connectivity index (χ1) is 9.67. The second-order valence-corrected chi connectivity index (χ2v) is 4.16. The largest absolute Gasteiger partial charge is 0.421 e. The molecule has 0 saturated heterocycles. The second-order valence-electron chi connectivity index (χ2n) is 4.16. The van der Waals surface area contributed by atoms with Gasteiger partial charge in [-0.05, 0) is 31.0 Å². The van der Waals surface area contributed by atoms with E-state index in [0.717, 1.165) is 24.2 Å². The van der Waals surface area contributed by atoms with Gasteiger partial charge in [-0.25, -0.2) is 0 Å². The predicted molar refractivity (Wildman–Crippen MR) is 74.2 cm³/mol. The van der Waals surface area contributed by atoms with Crippen LogP contribution in [0.15, 0.2) is 18.2 Å². The normalized spacial score (nSPS) is 10.1. The molecule has 0 aliphatic rings. The van der Waals surface area contributed by atoms with Crippen molar-refractivity contribution in [3.63, 3.8) is 0 Å². The van der Waals surface area contributed by atoms with Gasteiger partial charge < -0.3 is 10.5 Å². The molecular formula is C14H15N5O. The van der Waals surface area contributed by atoms with Gasteiger partial charge in [0, 0.05) is 0 Å². The van der Waals surface area contributed by atoms with Crippen LogP contribution in [0.1, 0.15) is 30.8 Å². The van der Waals surface area contributed by atoms with Crippen LogP contribution in [0.5, 0.6) is 11.8 Å². The number of hydrogen-bond donors (Lipinski definition) is 1. The maximum Gasteiger partial charge on any atom is 0.341 e. The van der Waals surface area contributed by atoms with Gasteiger partial charge in [-0.3, -0.25) is 0 Å². The summed E-state index contributed by atoms with van der Waals surface area (Å²) in [5.74, 6) is 0.414. The smallest absolute Gasteiger partial charge is 0.341 e. The molecule has 2 aromatic rings. The van der Waals surface area contributed by atoms with E-state index in [-0.39, 0.29) is 6.01 Å². The van der Waals surface area contributed by atoms with Crippen molar-refractivity contribution in [2.45, 2.75) is 26.7 Å². The number of nitrogens with zero attached hydrogens (tertiary/aromatic N) is 4. The van der Waals surface area contributed by atoms with Crippen LogP contribution >= 0.6 is 0 Å². The molecule has 0 fully saturated rings. The second kappa shape index (κ2) is 5.97. The maximum absolute atomic E-state index is 8.79. The number of rotatable bonds is 4. The van der Waals surface area contributed by atoms with Gasteiger partial charge in [-0.1, -0.05) is 18.9 Å². The highest BCUT2D eigenvalue weighted by molar-refractivity contribution is 5.57. The van der Waals surface area contributed by atoms with E-state index in [1.165, 1.54) is 0 Å². The molecule has 1 aromatic carbocycles. The molecule has 0 unspecified atom stereocenters. The van der Waals surface area contributed by atoms with Gasteiger partial charge in [0.1, 0.15) is 0 Å². The summed E-state index contributed by atoms with van der Waals surface area (Å²) in [6.07, 6.45) is 1.54. The Hall–Kier alpha value is -2.68. The van der Waals surface area contributed by atoms with E-state index in [2.05, 4.69) is 15.2 Å². The summed E-state index contributed by atoms with van der Waals surface area (Å²) >= 11 is 0. The third-order valence-corrected chi connectivity index (χ3v) is 2.83. The van der Waals surface area contributed by atoms with E-state index in [1.54, 1.807) is 18.2 Å². The van der Waals surface area contributed by atoms with E-state index < -0.39 is 0 Å². The van der Waals surface area contributed by atoms with E-state index in [0.29, 0.717) is 17.0 Å². The van der Waals surface area contributed by atoms with Crippen molar-refractivity contribution in [3.05, 3.63) is 35.2 Å². The molecule has 102 valence electrons. The number of ether oxygens (including phenoxy) is 1. The van der Waals surface area contributed by atoms with Gasteiger partial charge in [0.2, 0.25) is 0 Å². The molecule has 1 heterocycles. The number of nitriles is 1. The molecule has 0 spiro atoms. The highest BCUT2D eigenvalue weighted by Gasteiger charge is 2.10. The van der Waals surface area contributed by atoms with Crippen LogP contribution in [0.2, 0.25) is 0 Å². The van der Waals surface area contributed by atoms with E-state index in [4.69, 9.17) is 15.7 Å². The van der Waals surface area contributed by atoms with Crippen molar-refractivity contribution < 1.29 is 4.74 Å². The van der Waals surface area contributed by atoms with Gasteiger partial charge in [-0.15, -0.1) is 5.10 Å². The van der Waals surface area contributed by atoms with Gasteiger partial charge in [0.05, 0.1) is 28.7 Å². The number of aromatic nitrogens is 3. The molecule has 20 heavy (non-hydrogen) atoms. The fourth-order valence-electron chi connectivity index (χ4n) is 1.77. The van der Waals surface area contributed by atoms with Crippen molar-refractivity contribution in [3.8, 4) is 17.8 Å². The molecule has 0 aliphatic carbocycles. The minimum Gasteiger partial charge on any atom is -0.421 e. The SMILES string of the molecule is CCc1nnc(Oc2ccc(C#N)cc2N)nc1CC. The Morgan fingerprint density at radius 2 is 1.95 bits per heavy atom. The molecule has 0 bridgehead atoms. The van der Waals surface area contributed by atoms with Crippen LogP contribution < -0.4 is 10.5 Å². The van der Waals surface area contributed by atoms with Crippen LogP contribution in [0.3, 0.4) is 0 Å². The summed E-state index contributed by atoms with van der Waals surface area (Å²) in [7, 11) is 0. The summed E-state index contributed by atoms with van der Waals surface area (Å²) in [6.45, 7) is 4.01. The lowest BCUT2D eigenvalue weighted by molar-refractivity contribution is 0.430. The summed E-state index contributed by atoms with van der Waals surface area (Å²) < 4.78 is 5.53. The monoisotopic (exact) mass is 269 g/mol. The lowest BCUT2D eigenvalue weighted by atomic mass is 10.2. The van der Waals surface area contributed by atoms with Crippen LogP contribution in [0, 0.1) is 11.3 Å². The topological polar surface area (TPSA) is 97.7 Å². The number of anilines is 1. The fourth-order valence-corrected chi connectivity index (χ4v) is 1.77. The molecule has 6 heteroatoms. The molecule has 1 aromatic heterocycles. The Morgan fingerprint density at radius 1 is 1.20 bits per heavy atom. The molecule has 0 radical (unpaired) electrons. The molecule has 0 saturated carbocycles. The zero-order valence-electron chi connectivity index (χ0n) is 11.4. The molecule has 6 nitrogen and oxygen atoms in total. The lowest BCUT2D eigenvalue weighted by Gasteiger charge is -2.08. The number of nitrogens with two attached hydrogens (primary N) is 1. The first kappa shape index (κ1) is 13.7. The van der Waals surface area contributed by atoms with E-state index in [9.17, 15) is 0 Å². The molecule has 0 atom stereocenters. The Balaban J connectivity index is 2.28. The third kappa shape index (κ3) is 2.83. The van der Waals surface area contributed by atoms with E-state index in [1.807, 2.05) is 19.9 Å². The summed E-state index contributed by atoms with van der Waals surface area (Å²) in [5.41, 5.74) is 8.40. The molecular weight excluding hydrogens is 254 g/mol. The average Bonchev–Trinajstić information content (AvgIpc) is 2.49. The molecule has 0 amide bonds. The maximum atomic E-state index is 8.79. The number of aryl methyl sites for hydroxylation is 2. The van der Waals surface area contributed by atoms with Crippen molar-refractivity contribution in [2.75, 3.05) is 5.73 Å². The molecule has 0 aliphatic heterocycles. The Bertz CT molecular complexity index is 663. The minimum absolute atomic E-state index is 0.162. The summed E-state index contributed by atoms with van der Waals surface area (Å²) in [5, 5.41) is 16.8.